The number of hydrogen-bond donors (Lipinski definition) is 1. The first-order valence-corrected chi connectivity index (χ1v) is 5.43. The molecular weight excluding hydrogens is 242 g/mol. The highest BCUT2D eigenvalue weighted by Gasteiger charge is 2.15. The Morgan fingerprint density at radius 3 is 2.59 bits per heavy atom. The number of nitrogens with zero attached hydrogens (tertiary/aromatic N) is 1. The van der Waals surface area contributed by atoms with Gasteiger partial charge in [-0.15, -0.1) is 0 Å². The average Bonchev–Trinajstić information content (AvgIpc) is 2.23. The predicted octanol–water partition coefficient (Wildman–Crippen LogP) is 3.70. The smallest absolute Gasteiger partial charge is 0.197 e. The summed E-state index contributed by atoms with van der Waals surface area (Å²) >= 11 is 4.89. The van der Waals surface area contributed by atoms with Crippen molar-refractivity contribution >= 4 is 12.2 Å². The molecule has 2 nitrogen and oxygen atoms in total. The van der Waals surface area contributed by atoms with E-state index in [2.05, 4.69) is 9.97 Å². The van der Waals surface area contributed by atoms with E-state index < -0.39 is 11.6 Å². The lowest BCUT2D eigenvalue weighted by molar-refractivity contribution is 0.582. The summed E-state index contributed by atoms with van der Waals surface area (Å²) in [4.78, 5) is 6.74. The zero-order valence-corrected chi connectivity index (χ0v) is 10.2. The quantitative estimate of drug-likeness (QED) is 0.784. The van der Waals surface area contributed by atoms with Gasteiger partial charge in [0.25, 0.3) is 0 Å². The predicted molar refractivity (Wildman–Crippen MR) is 64.2 cm³/mol. The summed E-state index contributed by atoms with van der Waals surface area (Å²) in [5.41, 5.74) is 1.16. The number of H-pyrrole nitrogens is 1. The lowest BCUT2D eigenvalue weighted by Crippen LogP contribution is -1.97. The molecule has 0 aliphatic rings. The van der Waals surface area contributed by atoms with Gasteiger partial charge in [-0.2, -0.15) is 0 Å². The molecular formula is C12H10F2N2S. The third-order valence-electron chi connectivity index (χ3n) is 2.42. The van der Waals surface area contributed by atoms with Gasteiger partial charge >= 0.3 is 0 Å². The van der Waals surface area contributed by atoms with Crippen LogP contribution in [0, 0.1) is 30.3 Å². The van der Waals surface area contributed by atoms with Crippen molar-refractivity contribution in [2.75, 3.05) is 0 Å². The summed E-state index contributed by atoms with van der Waals surface area (Å²) in [6.07, 6.45) is 0. The van der Waals surface area contributed by atoms with E-state index in [4.69, 9.17) is 12.2 Å². The van der Waals surface area contributed by atoms with Crippen LogP contribution in [-0.2, 0) is 0 Å². The lowest BCUT2D eigenvalue weighted by atomic mass is 10.1. The lowest BCUT2D eigenvalue weighted by Gasteiger charge is -2.07. The van der Waals surface area contributed by atoms with Crippen molar-refractivity contribution in [2.45, 2.75) is 13.8 Å². The average molecular weight is 252 g/mol. The van der Waals surface area contributed by atoms with Crippen molar-refractivity contribution in [1.82, 2.24) is 9.97 Å². The molecule has 0 aliphatic heterocycles. The first kappa shape index (κ1) is 11.9. The Labute approximate surface area is 102 Å². The summed E-state index contributed by atoms with van der Waals surface area (Å²) in [5, 5.41) is 0. The fourth-order valence-corrected chi connectivity index (χ4v) is 1.86. The van der Waals surface area contributed by atoms with E-state index in [-0.39, 0.29) is 16.0 Å². The number of nitrogens with one attached hydrogen (secondary N) is 1. The highest BCUT2D eigenvalue weighted by molar-refractivity contribution is 7.71. The molecule has 0 bridgehead atoms. The van der Waals surface area contributed by atoms with Crippen LogP contribution < -0.4 is 0 Å². The van der Waals surface area contributed by atoms with Crippen LogP contribution >= 0.6 is 12.2 Å². The molecule has 88 valence electrons. The molecule has 0 saturated heterocycles. The molecule has 0 unspecified atom stereocenters. The van der Waals surface area contributed by atoms with Crippen LogP contribution in [0.5, 0.6) is 0 Å². The SMILES string of the molecule is Cc1cc(-c2c(F)ccc(C)c2F)nc(=S)[nH]1. The van der Waals surface area contributed by atoms with Crippen LogP contribution in [0.25, 0.3) is 11.3 Å². The van der Waals surface area contributed by atoms with Gasteiger partial charge in [0.2, 0.25) is 0 Å². The molecule has 0 saturated carbocycles. The zero-order chi connectivity index (χ0) is 12.6. The normalized spacial score (nSPS) is 10.6. The molecule has 2 rings (SSSR count). The maximum Gasteiger partial charge on any atom is 0.197 e. The zero-order valence-electron chi connectivity index (χ0n) is 9.34. The van der Waals surface area contributed by atoms with Gasteiger partial charge in [0.1, 0.15) is 11.6 Å². The van der Waals surface area contributed by atoms with Gasteiger partial charge in [-0.05, 0) is 43.8 Å². The number of aryl methyl sites for hydroxylation is 2. The third kappa shape index (κ3) is 2.24. The van der Waals surface area contributed by atoms with E-state index in [0.29, 0.717) is 11.3 Å². The second kappa shape index (κ2) is 4.33. The maximum atomic E-state index is 13.9. The van der Waals surface area contributed by atoms with Crippen LogP contribution in [0.1, 0.15) is 11.3 Å². The van der Waals surface area contributed by atoms with Crippen LogP contribution in [0.15, 0.2) is 18.2 Å². The third-order valence-corrected chi connectivity index (χ3v) is 2.61. The summed E-state index contributed by atoms with van der Waals surface area (Å²) in [5.74, 6) is -1.24. The van der Waals surface area contributed by atoms with Gasteiger partial charge in [-0.1, -0.05) is 6.07 Å². The molecule has 17 heavy (non-hydrogen) atoms. The number of hydrogen-bond acceptors (Lipinski definition) is 2. The Kier molecular flexibility index (Phi) is 3.02. The largest absolute Gasteiger partial charge is 0.335 e. The van der Waals surface area contributed by atoms with Crippen molar-refractivity contribution in [2.24, 2.45) is 0 Å². The molecule has 5 heteroatoms. The van der Waals surface area contributed by atoms with Gasteiger partial charge in [0.15, 0.2) is 4.77 Å². The molecule has 0 spiro atoms. The summed E-state index contributed by atoms with van der Waals surface area (Å²) < 4.78 is 27.8. The Balaban J connectivity index is 2.76. The molecule has 0 fully saturated rings. The first-order valence-electron chi connectivity index (χ1n) is 5.02. The minimum absolute atomic E-state index is 0.131. The fraction of sp³-hybridized carbons (Fsp3) is 0.167. The first-order chi connectivity index (χ1) is 7.99. The van der Waals surface area contributed by atoms with Gasteiger partial charge in [-0.3, -0.25) is 0 Å². The summed E-state index contributed by atoms with van der Waals surface area (Å²) in [6, 6.07) is 4.19. The number of aromatic amines is 1. The minimum atomic E-state index is -0.638. The van der Waals surface area contributed by atoms with Gasteiger partial charge in [0, 0.05) is 5.69 Å². The van der Waals surface area contributed by atoms with E-state index in [0.717, 1.165) is 0 Å². The summed E-state index contributed by atoms with van der Waals surface area (Å²) in [7, 11) is 0. The van der Waals surface area contributed by atoms with E-state index in [9.17, 15) is 8.78 Å². The Morgan fingerprint density at radius 2 is 1.94 bits per heavy atom. The van der Waals surface area contributed by atoms with Crippen LogP contribution in [-0.4, -0.2) is 9.97 Å². The molecule has 1 N–H and O–H groups in total. The minimum Gasteiger partial charge on any atom is -0.335 e. The van der Waals surface area contributed by atoms with Gasteiger partial charge < -0.3 is 4.98 Å². The van der Waals surface area contributed by atoms with E-state index >= 15 is 0 Å². The molecule has 0 aliphatic carbocycles. The number of halogens is 2. The highest BCUT2D eigenvalue weighted by Crippen LogP contribution is 2.26. The van der Waals surface area contributed by atoms with E-state index in [1.54, 1.807) is 19.9 Å². The van der Waals surface area contributed by atoms with Gasteiger partial charge in [-0.25, -0.2) is 13.8 Å². The Bertz CT molecular complexity index is 635. The van der Waals surface area contributed by atoms with Crippen molar-refractivity contribution in [1.29, 1.82) is 0 Å². The second-order valence-corrected chi connectivity index (χ2v) is 4.19. The van der Waals surface area contributed by atoms with Crippen LogP contribution in [0.3, 0.4) is 0 Å². The number of benzene rings is 1. The molecule has 1 aromatic heterocycles. The summed E-state index contributed by atoms with van der Waals surface area (Å²) in [6.45, 7) is 3.33. The maximum absolute atomic E-state index is 13.9. The molecule has 0 amide bonds. The van der Waals surface area contributed by atoms with Crippen molar-refractivity contribution in [3.05, 3.63) is 45.9 Å². The monoisotopic (exact) mass is 252 g/mol. The standard InChI is InChI=1S/C12H10F2N2S/c1-6-3-4-8(13)10(11(6)14)9-5-7(2)15-12(17)16-9/h3-5H,1-2H3,(H,15,16,17). The van der Waals surface area contributed by atoms with E-state index in [1.165, 1.54) is 12.1 Å². The molecule has 2 aromatic rings. The van der Waals surface area contributed by atoms with Crippen molar-refractivity contribution < 1.29 is 8.78 Å². The van der Waals surface area contributed by atoms with E-state index in [1.807, 2.05) is 0 Å². The molecule has 0 radical (unpaired) electrons. The fourth-order valence-electron chi connectivity index (χ4n) is 1.60. The highest BCUT2D eigenvalue weighted by atomic mass is 32.1. The topological polar surface area (TPSA) is 28.7 Å². The van der Waals surface area contributed by atoms with Crippen LogP contribution in [0.4, 0.5) is 8.78 Å². The van der Waals surface area contributed by atoms with Gasteiger partial charge in [0.05, 0.1) is 11.3 Å². The number of rotatable bonds is 1. The Morgan fingerprint density at radius 1 is 1.24 bits per heavy atom. The second-order valence-electron chi connectivity index (χ2n) is 3.81. The molecule has 1 heterocycles. The van der Waals surface area contributed by atoms with Crippen molar-refractivity contribution in [3.63, 3.8) is 0 Å². The van der Waals surface area contributed by atoms with Crippen LogP contribution in [0.2, 0.25) is 0 Å². The van der Waals surface area contributed by atoms with Crippen molar-refractivity contribution in [3.8, 4) is 11.3 Å². The number of aromatic nitrogens is 2. The molecule has 1 aromatic carbocycles. The molecule has 0 atom stereocenters. The Hall–Kier alpha value is -1.62.